The van der Waals surface area contributed by atoms with Gasteiger partial charge in [0.2, 0.25) is 11.8 Å². The third-order valence-electron chi connectivity index (χ3n) is 3.79. The fourth-order valence-electron chi connectivity index (χ4n) is 2.25. The minimum atomic E-state index is -0.498. The molecule has 0 aliphatic carbocycles. The van der Waals surface area contributed by atoms with E-state index in [4.69, 9.17) is 0 Å². The van der Waals surface area contributed by atoms with E-state index in [9.17, 15) is 14.4 Å². The lowest BCUT2D eigenvalue weighted by molar-refractivity contribution is -0.127. The number of amides is 3. The van der Waals surface area contributed by atoms with Crippen LogP contribution in [-0.4, -0.2) is 41.8 Å². The number of hydrogen-bond donors (Lipinski definition) is 2. The van der Waals surface area contributed by atoms with Crippen LogP contribution in [0.15, 0.2) is 6.07 Å². The van der Waals surface area contributed by atoms with Crippen LogP contribution in [0, 0.1) is 12.3 Å². The summed E-state index contributed by atoms with van der Waals surface area (Å²) in [5, 5.41) is 6.25. The maximum absolute atomic E-state index is 12.7. The molecule has 0 saturated carbocycles. The molecule has 1 aromatic heterocycles. The normalized spacial score (nSPS) is 18.6. The molecule has 0 aromatic carbocycles. The Bertz CT molecular complexity index is 645. The van der Waals surface area contributed by atoms with Crippen LogP contribution in [0.3, 0.4) is 0 Å². The van der Waals surface area contributed by atoms with E-state index in [1.807, 2.05) is 27.7 Å². The molecule has 6 nitrogen and oxygen atoms in total. The van der Waals surface area contributed by atoms with Gasteiger partial charge in [0.05, 0.1) is 9.88 Å². The number of carbonyl (C=O) groups is 3. The molecule has 126 valence electrons. The lowest BCUT2D eigenvalue weighted by atomic mass is 9.96. The largest absolute Gasteiger partial charge is 0.353 e. The summed E-state index contributed by atoms with van der Waals surface area (Å²) in [6.07, 6.45) is 0. The second-order valence-corrected chi connectivity index (χ2v) is 7.84. The molecule has 0 bridgehead atoms. The van der Waals surface area contributed by atoms with E-state index in [0.29, 0.717) is 23.0 Å². The van der Waals surface area contributed by atoms with E-state index in [-0.39, 0.29) is 17.7 Å². The van der Waals surface area contributed by atoms with Gasteiger partial charge in [0.15, 0.2) is 0 Å². The van der Waals surface area contributed by atoms with Gasteiger partial charge in [-0.15, -0.1) is 11.3 Å². The van der Waals surface area contributed by atoms with Crippen molar-refractivity contribution in [1.82, 2.24) is 10.2 Å². The second-order valence-electron chi connectivity index (χ2n) is 6.79. The van der Waals surface area contributed by atoms with Crippen molar-refractivity contribution in [1.29, 1.82) is 0 Å². The van der Waals surface area contributed by atoms with Crippen LogP contribution in [0.2, 0.25) is 0 Å². The van der Waals surface area contributed by atoms with Gasteiger partial charge in [-0.1, -0.05) is 20.8 Å². The zero-order valence-corrected chi connectivity index (χ0v) is 15.0. The highest BCUT2D eigenvalue weighted by molar-refractivity contribution is 7.18. The molecule has 1 unspecified atom stereocenters. The summed E-state index contributed by atoms with van der Waals surface area (Å²) in [6, 6.07) is 1.32. The van der Waals surface area contributed by atoms with Crippen LogP contribution in [0.4, 0.5) is 5.00 Å². The first-order valence-electron chi connectivity index (χ1n) is 7.62. The first-order chi connectivity index (χ1) is 10.6. The average molecular weight is 337 g/mol. The number of hydrogen-bond acceptors (Lipinski definition) is 4. The summed E-state index contributed by atoms with van der Waals surface area (Å²) < 4.78 is 0. The number of piperazine rings is 1. The molecule has 1 atom stereocenters. The number of nitrogens with one attached hydrogen (secondary N) is 2. The summed E-state index contributed by atoms with van der Waals surface area (Å²) >= 11 is 1.25. The van der Waals surface area contributed by atoms with Crippen LogP contribution in [0.5, 0.6) is 0 Å². The standard InChI is InChI=1S/C16H23N3O3S/c1-9-8-11(18-15(22)16(3,4)5)23-12(9)14(21)19-7-6-17-13(20)10(19)2/h8,10H,6-7H2,1-5H3,(H,17,20)(H,18,22). The van der Waals surface area contributed by atoms with Crippen molar-refractivity contribution in [2.45, 2.75) is 40.7 Å². The molecular formula is C16H23N3O3S. The molecule has 1 aromatic rings. The van der Waals surface area contributed by atoms with Gasteiger partial charge < -0.3 is 15.5 Å². The predicted octanol–water partition coefficient (Wildman–Crippen LogP) is 2.00. The van der Waals surface area contributed by atoms with Gasteiger partial charge in [0.1, 0.15) is 6.04 Å². The molecule has 23 heavy (non-hydrogen) atoms. The lowest BCUT2D eigenvalue weighted by Gasteiger charge is -2.32. The van der Waals surface area contributed by atoms with Crippen molar-refractivity contribution in [2.75, 3.05) is 18.4 Å². The molecule has 0 radical (unpaired) electrons. The van der Waals surface area contributed by atoms with Crippen molar-refractivity contribution in [2.24, 2.45) is 5.41 Å². The van der Waals surface area contributed by atoms with Gasteiger partial charge in [0, 0.05) is 18.5 Å². The monoisotopic (exact) mass is 337 g/mol. The highest BCUT2D eigenvalue weighted by Gasteiger charge is 2.31. The Labute approximate surface area is 140 Å². The number of nitrogens with zero attached hydrogens (tertiary/aromatic N) is 1. The molecule has 7 heteroatoms. The van der Waals surface area contributed by atoms with Crippen LogP contribution >= 0.6 is 11.3 Å². The molecule has 1 fully saturated rings. The van der Waals surface area contributed by atoms with Crippen LogP contribution < -0.4 is 10.6 Å². The number of thiophene rings is 1. The smallest absolute Gasteiger partial charge is 0.265 e. The van der Waals surface area contributed by atoms with Crippen LogP contribution in [0.25, 0.3) is 0 Å². The van der Waals surface area contributed by atoms with E-state index in [2.05, 4.69) is 10.6 Å². The zero-order valence-electron chi connectivity index (χ0n) is 14.1. The molecule has 1 aliphatic heterocycles. The molecule has 1 aliphatic rings. The molecule has 2 heterocycles. The van der Waals surface area contributed by atoms with Gasteiger partial charge in [-0.25, -0.2) is 0 Å². The Morgan fingerprint density at radius 2 is 2.04 bits per heavy atom. The average Bonchev–Trinajstić information content (AvgIpc) is 2.81. The van der Waals surface area contributed by atoms with Crippen molar-refractivity contribution in [3.8, 4) is 0 Å². The summed E-state index contributed by atoms with van der Waals surface area (Å²) in [5.74, 6) is -0.394. The topological polar surface area (TPSA) is 78.5 Å². The summed E-state index contributed by atoms with van der Waals surface area (Å²) in [6.45, 7) is 10.0. The Hall–Kier alpha value is -1.89. The fourth-order valence-corrected chi connectivity index (χ4v) is 3.27. The summed E-state index contributed by atoms with van der Waals surface area (Å²) in [5.41, 5.74) is 0.309. The molecule has 2 N–H and O–H groups in total. The van der Waals surface area contributed by atoms with Crippen molar-refractivity contribution in [3.05, 3.63) is 16.5 Å². The SMILES string of the molecule is Cc1cc(NC(=O)C(C)(C)C)sc1C(=O)N1CCNC(=O)C1C. The Balaban J connectivity index is 2.19. The quantitative estimate of drug-likeness (QED) is 0.866. The van der Waals surface area contributed by atoms with E-state index in [1.165, 1.54) is 11.3 Å². The van der Waals surface area contributed by atoms with Crippen molar-refractivity contribution < 1.29 is 14.4 Å². The number of carbonyl (C=O) groups excluding carboxylic acids is 3. The maximum atomic E-state index is 12.7. The van der Waals surface area contributed by atoms with Gasteiger partial charge in [-0.3, -0.25) is 14.4 Å². The number of rotatable bonds is 2. The van der Waals surface area contributed by atoms with Gasteiger partial charge in [-0.2, -0.15) is 0 Å². The minimum absolute atomic E-state index is 0.0940. The summed E-state index contributed by atoms with van der Waals surface area (Å²) in [7, 11) is 0. The number of aryl methyl sites for hydroxylation is 1. The van der Waals surface area contributed by atoms with Gasteiger partial charge >= 0.3 is 0 Å². The highest BCUT2D eigenvalue weighted by Crippen LogP contribution is 2.30. The minimum Gasteiger partial charge on any atom is -0.353 e. The number of anilines is 1. The van der Waals surface area contributed by atoms with Crippen molar-refractivity contribution >= 4 is 34.1 Å². The third-order valence-corrected chi connectivity index (χ3v) is 4.93. The second kappa shape index (κ2) is 6.31. The van der Waals surface area contributed by atoms with Crippen molar-refractivity contribution in [3.63, 3.8) is 0 Å². The van der Waals surface area contributed by atoms with E-state index in [1.54, 1.807) is 17.9 Å². The van der Waals surface area contributed by atoms with Gasteiger partial charge in [0.25, 0.3) is 5.91 Å². The highest BCUT2D eigenvalue weighted by atomic mass is 32.1. The molecule has 0 spiro atoms. The first kappa shape index (κ1) is 17.5. The molecular weight excluding hydrogens is 314 g/mol. The van der Waals surface area contributed by atoms with Crippen LogP contribution in [0.1, 0.15) is 42.9 Å². The Morgan fingerprint density at radius 1 is 1.39 bits per heavy atom. The molecule has 1 saturated heterocycles. The third kappa shape index (κ3) is 3.72. The van der Waals surface area contributed by atoms with E-state index < -0.39 is 11.5 Å². The molecule has 3 amide bonds. The van der Waals surface area contributed by atoms with Crippen LogP contribution in [-0.2, 0) is 9.59 Å². The first-order valence-corrected chi connectivity index (χ1v) is 8.43. The van der Waals surface area contributed by atoms with E-state index in [0.717, 1.165) is 5.56 Å². The zero-order chi connectivity index (χ0) is 17.4. The Kier molecular flexibility index (Phi) is 4.79. The fraction of sp³-hybridized carbons (Fsp3) is 0.562. The van der Waals surface area contributed by atoms with Gasteiger partial charge in [-0.05, 0) is 25.5 Å². The van der Waals surface area contributed by atoms with E-state index >= 15 is 0 Å². The summed E-state index contributed by atoms with van der Waals surface area (Å²) in [4.78, 5) is 38.7. The lowest BCUT2D eigenvalue weighted by Crippen LogP contribution is -2.55. The predicted molar refractivity (Wildman–Crippen MR) is 90.6 cm³/mol. The Morgan fingerprint density at radius 3 is 2.65 bits per heavy atom. The maximum Gasteiger partial charge on any atom is 0.265 e. The molecule has 2 rings (SSSR count).